The van der Waals surface area contributed by atoms with E-state index in [0.29, 0.717) is 16.5 Å². The number of anilines is 1. The van der Waals surface area contributed by atoms with Gasteiger partial charge >= 0.3 is 5.97 Å². The molecule has 0 unspecified atom stereocenters. The third kappa shape index (κ3) is 3.45. The first-order valence-corrected chi connectivity index (χ1v) is 7.17. The van der Waals surface area contributed by atoms with Gasteiger partial charge in [-0.25, -0.2) is 9.78 Å². The van der Waals surface area contributed by atoms with E-state index in [1.807, 2.05) is 13.8 Å². The standard InChI is InChI=1S/C13H22N2O2S/c1-6-15(7-8(2)3)13-14-10(9(4)5)11(18-13)12(16)17/h8-9H,6-7H2,1-5H3,(H,16,17). The van der Waals surface area contributed by atoms with Gasteiger partial charge in [0.1, 0.15) is 4.88 Å². The molecule has 1 aromatic heterocycles. The van der Waals surface area contributed by atoms with Gasteiger partial charge in [0.25, 0.3) is 0 Å². The highest BCUT2D eigenvalue weighted by atomic mass is 32.1. The summed E-state index contributed by atoms with van der Waals surface area (Å²) in [5.41, 5.74) is 0.699. The molecule has 0 saturated carbocycles. The van der Waals surface area contributed by atoms with E-state index in [0.717, 1.165) is 18.2 Å². The molecule has 0 atom stereocenters. The van der Waals surface area contributed by atoms with Gasteiger partial charge in [-0.2, -0.15) is 0 Å². The predicted octanol–water partition coefficient (Wildman–Crippen LogP) is 3.45. The predicted molar refractivity (Wildman–Crippen MR) is 75.9 cm³/mol. The molecule has 0 aliphatic carbocycles. The van der Waals surface area contributed by atoms with Crippen molar-refractivity contribution in [3.63, 3.8) is 0 Å². The molecule has 4 nitrogen and oxygen atoms in total. The Labute approximate surface area is 113 Å². The largest absolute Gasteiger partial charge is 0.477 e. The van der Waals surface area contributed by atoms with Gasteiger partial charge < -0.3 is 10.0 Å². The van der Waals surface area contributed by atoms with Crippen LogP contribution in [0.3, 0.4) is 0 Å². The number of rotatable bonds is 6. The number of thiazole rings is 1. The van der Waals surface area contributed by atoms with E-state index < -0.39 is 5.97 Å². The highest BCUT2D eigenvalue weighted by Crippen LogP contribution is 2.31. The van der Waals surface area contributed by atoms with Crippen LogP contribution in [0.2, 0.25) is 0 Å². The van der Waals surface area contributed by atoms with Crippen LogP contribution < -0.4 is 4.90 Å². The first-order valence-electron chi connectivity index (χ1n) is 6.35. The highest BCUT2D eigenvalue weighted by Gasteiger charge is 2.22. The third-order valence-electron chi connectivity index (χ3n) is 2.62. The topological polar surface area (TPSA) is 53.4 Å². The molecule has 0 aliphatic rings. The van der Waals surface area contributed by atoms with Crippen molar-refractivity contribution in [3.05, 3.63) is 10.6 Å². The van der Waals surface area contributed by atoms with E-state index >= 15 is 0 Å². The second-order valence-electron chi connectivity index (χ2n) is 5.10. The summed E-state index contributed by atoms with van der Waals surface area (Å²) in [6, 6.07) is 0. The van der Waals surface area contributed by atoms with Gasteiger partial charge in [-0.3, -0.25) is 0 Å². The molecule has 0 fully saturated rings. The van der Waals surface area contributed by atoms with Crippen molar-refractivity contribution in [2.75, 3.05) is 18.0 Å². The Hall–Kier alpha value is -1.10. The van der Waals surface area contributed by atoms with Crippen molar-refractivity contribution in [1.82, 2.24) is 4.98 Å². The summed E-state index contributed by atoms with van der Waals surface area (Å²) >= 11 is 1.29. The number of hydrogen-bond acceptors (Lipinski definition) is 4. The molecule has 1 heterocycles. The molecule has 0 bridgehead atoms. The van der Waals surface area contributed by atoms with Crippen molar-refractivity contribution >= 4 is 22.4 Å². The van der Waals surface area contributed by atoms with Crippen LogP contribution in [0.1, 0.15) is 55.9 Å². The fourth-order valence-corrected chi connectivity index (χ4v) is 2.92. The number of carbonyl (C=O) groups is 1. The maximum absolute atomic E-state index is 11.2. The Bertz CT molecular complexity index is 413. The number of aromatic carboxylic acids is 1. The lowest BCUT2D eigenvalue weighted by atomic mass is 10.1. The van der Waals surface area contributed by atoms with E-state index in [9.17, 15) is 9.90 Å². The lowest BCUT2D eigenvalue weighted by molar-refractivity contribution is 0.0700. The summed E-state index contributed by atoms with van der Waals surface area (Å²) in [7, 11) is 0. The fraction of sp³-hybridized carbons (Fsp3) is 0.692. The van der Waals surface area contributed by atoms with Gasteiger partial charge in [-0.15, -0.1) is 0 Å². The van der Waals surface area contributed by atoms with Crippen molar-refractivity contribution in [2.24, 2.45) is 5.92 Å². The highest BCUT2D eigenvalue weighted by molar-refractivity contribution is 7.17. The smallest absolute Gasteiger partial charge is 0.347 e. The number of hydrogen-bond donors (Lipinski definition) is 1. The van der Waals surface area contributed by atoms with Crippen molar-refractivity contribution < 1.29 is 9.90 Å². The molecule has 0 amide bonds. The van der Waals surface area contributed by atoms with Gasteiger partial charge in [0.05, 0.1) is 5.69 Å². The molecule has 0 saturated heterocycles. The number of aromatic nitrogens is 1. The number of carboxylic acids is 1. The first kappa shape index (κ1) is 15.0. The first-order chi connectivity index (χ1) is 8.36. The number of carboxylic acid groups (broad SMARTS) is 1. The summed E-state index contributed by atoms with van der Waals surface area (Å²) in [5.74, 6) is -0.202. The Morgan fingerprint density at radius 3 is 2.33 bits per heavy atom. The Morgan fingerprint density at radius 1 is 1.39 bits per heavy atom. The summed E-state index contributed by atoms with van der Waals surface area (Å²) in [4.78, 5) is 18.3. The van der Waals surface area contributed by atoms with Crippen molar-refractivity contribution in [2.45, 2.75) is 40.5 Å². The van der Waals surface area contributed by atoms with Crippen LogP contribution in [0.4, 0.5) is 5.13 Å². The molecule has 5 heteroatoms. The third-order valence-corrected chi connectivity index (χ3v) is 3.74. The van der Waals surface area contributed by atoms with E-state index in [1.54, 1.807) is 0 Å². The second-order valence-corrected chi connectivity index (χ2v) is 6.08. The van der Waals surface area contributed by atoms with Crippen molar-refractivity contribution in [3.8, 4) is 0 Å². The van der Waals surface area contributed by atoms with E-state index in [1.165, 1.54) is 11.3 Å². The van der Waals surface area contributed by atoms with Gasteiger partial charge in [-0.1, -0.05) is 39.0 Å². The van der Waals surface area contributed by atoms with Crippen LogP contribution in [-0.4, -0.2) is 29.1 Å². The minimum Gasteiger partial charge on any atom is -0.477 e. The number of nitrogens with zero attached hydrogens (tertiary/aromatic N) is 2. The monoisotopic (exact) mass is 270 g/mol. The summed E-state index contributed by atoms with van der Waals surface area (Å²) in [6.07, 6.45) is 0. The van der Waals surface area contributed by atoms with E-state index in [-0.39, 0.29) is 5.92 Å². The zero-order valence-corrected chi connectivity index (χ0v) is 12.5. The summed E-state index contributed by atoms with van der Waals surface area (Å²) in [5, 5.41) is 10.0. The fourth-order valence-electron chi connectivity index (χ4n) is 1.78. The average molecular weight is 270 g/mol. The van der Waals surface area contributed by atoms with Crippen molar-refractivity contribution in [1.29, 1.82) is 0 Å². The van der Waals surface area contributed by atoms with Gasteiger partial charge in [-0.05, 0) is 18.8 Å². The molecule has 0 aliphatic heterocycles. The normalized spacial score (nSPS) is 11.3. The van der Waals surface area contributed by atoms with E-state index in [4.69, 9.17) is 0 Å². The quantitative estimate of drug-likeness (QED) is 0.860. The Kier molecular flexibility index (Phi) is 5.14. The Balaban J connectivity index is 3.09. The lowest BCUT2D eigenvalue weighted by Gasteiger charge is -2.21. The summed E-state index contributed by atoms with van der Waals surface area (Å²) in [6.45, 7) is 12.1. The molecule has 1 aromatic rings. The minimum absolute atomic E-state index is 0.138. The van der Waals surface area contributed by atoms with Crippen LogP contribution in [0, 0.1) is 5.92 Å². The molecule has 1 N–H and O–H groups in total. The molecular weight excluding hydrogens is 248 g/mol. The van der Waals surface area contributed by atoms with Crippen LogP contribution in [-0.2, 0) is 0 Å². The average Bonchev–Trinajstić information content (AvgIpc) is 2.70. The van der Waals surface area contributed by atoms with Crippen LogP contribution in [0.15, 0.2) is 0 Å². The molecule has 18 heavy (non-hydrogen) atoms. The molecule has 1 rings (SSSR count). The maximum atomic E-state index is 11.2. The molecule has 0 spiro atoms. The van der Waals surface area contributed by atoms with Crippen LogP contribution >= 0.6 is 11.3 Å². The van der Waals surface area contributed by atoms with Gasteiger partial charge in [0.2, 0.25) is 0 Å². The lowest BCUT2D eigenvalue weighted by Crippen LogP contribution is -2.27. The SMILES string of the molecule is CCN(CC(C)C)c1nc(C(C)C)c(C(=O)O)s1. The van der Waals surface area contributed by atoms with Gasteiger partial charge in [0, 0.05) is 13.1 Å². The second kappa shape index (κ2) is 6.18. The molecule has 0 aromatic carbocycles. The van der Waals surface area contributed by atoms with Crippen LogP contribution in [0.5, 0.6) is 0 Å². The molecule has 0 radical (unpaired) electrons. The Morgan fingerprint density at radius 2 is 2.00 bits per heavy atom. The zero-order valence-electron chi connectivity index (χ0n) is 11.7. The van der Waals surface area contributed by atoms with Crippen LogP contribution in [0.25, 0.3) is 0 Å². The molecule has 102 valence electrons. The minimum atomic E-state index is -0.872. The van der Waals surface area contributed by atoms with E-state index in [2.05, 4.69) is 30.7 Å². The summed E-state index contributed by atoms with van der Waals surface area (Å²) < 4.78 is 0. The zero-order chi connectivity index (χ0) is 13.9. The maximum Gasteiger partial charge on any atom is 0.347 e. The molecular formula is C13H22N2O2S. The van der Waals surface area contributed by atoms with Gasteiger partial charge in [0.15, 0.2) is 5.13 Å².